The van der Waals surface area contributed by atoms with E-state index in [2.05, 4.69) is 20.4 Å². The summed E-state index contributed by atoms with van der Waals surface area (Å²) in [6, 6.07) is -0.0909. The Balaban J connectivity index is 1.89. The highest BCUT2D eigenvalue weighted by atomic mass is 19.1. The Bertz CT molecular complexity index is 757. The van der Waals surface area contributed by atoms with Gasteiger partial charge in [-0.25, -0.2) is 14.4 Å². The first-order valence-electron chi connectivity index (χ1n) is 7.56. The Hall–Kier alpha value is -2.90. The molecule has 2 aliphatic rings. The Kier molecular flexibility index (Phi) is 4.45. The van der Waals surface area contributed by atoms with Gasteiger partial charge in [-0.2, -0.15) is 0 Å². The molecule has 0 saturated carbocycles. The van der Waals surface area contributed by atoms with Gasteiger partial charge in [-0.1, -0.05) is 17.3 Å². The van der Waals surface area contributed by atoms with Gasteiger partial charge in [0.1, 0.15) is 24.3 Å². The van der Waals surface area contributed by atoms with Crippen LogP contribution in [0.2, 0.25) is 0 Å². The molecule has 1 aliphatic carbocycles. The van der Waals surface area contributed by atoms with Crippen molar-refractivity contribution >= 4 is 12.0 Å². The zero-order chi connectivity index (χ0) is 17.1. The first-order valence-corrected chi connectivity index (χ1v) is 7.56. The van der Waals surface area contributed by atoms with Gasteiger partial charge in [-0.15, -0.1) is 0 Å². The quantitative estimate of drug-likeness (QED) is 0.633. The summed E-state index contributed by atoms with van der Waals surface area (Å²) in [6.07, 6.45) is 7.87. The molecule has 2 atom stereocenters. The number of nitrogen functional groups attached to an aromatic ring is 1. The van der Waals surface area contributed by atoms with Crippen molar-refractivity contribution in [3.8, 4) is 5.88 Å². The predicted molar refractivity (Wildman–Crippen MR) is 87.7 cm³/mol. The van der Waals surface area contributed by atoms with E-state index < -0.39 is 0 Å². The van der Waals surface area contributed by atoms with Crippen LogP contribution in [-0.2, 0) is 4.84 Å². The Morgan fingerprint density at radius 1 is 1.46 bits per heavy atom. The lowest BCUT2D eigenvalue weighted by molar-refractivity contribution is 0.160. The molecular formula is C16H18FN5O2. The van der Waals surface area contributed by atoms with Crippen molar-refractivity contribution in [2.75, 3.05) is 12.3 Å². The lowest BCUT2D eigenvalue weighted by Crippen LogP contribution is -2.29. The highest BCUT2D eigenvalue weighted by Gasteiger charge is 2.32. The molecule has 3 N–H and O–H groups in total. The zero-order valence-corrected chi connectivity index (χ0v) is 13.4. The third-order valence-electron chi connectivity index (χ3n) is 3.66. The van der Waals surface area contributed by atoms with Crippen molar-refractivity contribution < 1.29 is 14.0 Å². The molecule has 0 amide bonds. The molecule has 1 aliphatic heterocycles. The normalized spacial score (nSPS) is 22.4. The van der Waals surface area contributed by atoms with Crippen molar-refractivity contribution in [1.29, 1.82) is 0 Å². The van der Waals surface area contributed by atoms with Crippen molar-refractivity contribution in [3.63, 3.8) is 0 Å². The number of ether oxygens (including phenoxy) is 1. The number of oxime groups is 1. The van der Waals surface area contributed by atoms with E-state index in [9.17, 15) is 4.39 Å². The summed E-state index contributed by atoms with van der Waals surface area (Å²) >= 11 is 0. The maximum Gasteiger partial charge on any atom is 0.233 e. The van der Waals surface area contributed by atoms with Crippen LogP contribution in [0.15, 0.2) is 47.0 Å². The molecule has 0 radical (unpaired) electrons. The number of halogens is 1. The van der Waals surface area contributed by atoms with Gasteiger partial charge in [0.15, 0.2) is 11.6 Å². The molecule has 7 nitrogen and oxygen atoms in total. The van der Waals surface area contributed by atoms with Gasteiger partial charge in [0.2, 0.25) is 5.88 Å². The number of rotatable bonds is 5. The first-order chi connectivity index (χ1) is 11.6. The van der Waals surface area contributed by atoms with Crippen molar-refractivity contribution in [3.05, 3.63) is 47.4 Å². The second-order valence-corrected chi connectivity index (χ2v) is 5.35. The zero-order valence-electron chi connectivity index (χ0n) is 13.4. The third-order valence-corrected chi connectivity index (χ3v) is 3.66. The van der Waals surface area contributed by atoms with Crippen molar-refractivity contribution in [1.82, 2.24) is 15.3 Å². The summed E-state index contributed by atoms with van der Waals surface area (Å²) in [6.45, 7) is 4.10. The van der Waals surface area contributed by atoms with Crippen LogP contribution in [0.1, 0.15) is 19.4 Å². The molecular weight excluding hydrogens is 313 g/mol. The van der Waals surface area contributed by atoms with Gasteiger partial charge in [0.05, 0.1) is 18.2 Å². The largest absolute Gasteiger partial charge is 0.435 e. The SMILES string of the molecule is CCO/N=C/c1c(N)ncnc1OC1=C(F)C2C=C(C)NC2C=C1. The van der Waals surface area contributed by atoms with E-state index in [1.165, 1.54) is 12.5 Å². The monoisotopic (exact) mass is 331 g/mol. The Morgan fingerprint density at radius 3 is 3.08 bits per heavy atom. The standard InChI is InChI=1S/C16H18FN5O2/c1-3-23-21-7-11-15(18)19-8-20-16(11)24-13-5-4-12-10(14(13)17)6-9(2)22-12/h4-8,10,12,22H,3H2,1-2H3,(H2,18,19,20)/b21-7+. The maximum atomic E-state index is 14.7. The number of anilines is 1. The van der Waals surface area contributed by atoms with E-state index in [-0.39, 0.29) is 35.2 Å². The van der Waals surface area contributed by atoms with Gasteiger partial charge in [0.25, 0.3) is 0 Å². The lowest BCUT2D eigenvalue weighted by Gasteiger charge is -2.21. The van der Waals surface area contributed by atoms with Gasteiger partial charge >= 0.3 is 0 Å². The Morgan fingerprint density at radius 2 is 2.29 bits per heavy atom. The summed E-state index contributed by atoms with van der Waals surface area (Å²) in [7, 11) is 0. The number of aromatic nitrogens is 2. The van der Waals surface area contributed by atoms with Crippen LogP contribution in [0.5, 0.6) is 5.88 Å². The molecule has 1 aromatic rings. The van der Waals surface area contributed by atoms with Gasteiger partial charge in [0, 0.05) is 5.70 Å². The number of hydrogen-bond donors (Lipinski definition) is 2. The summed E-state index contributed by atoms with van der Waals surface area (Å²) in [5.74, 6) is -0.374. The van der Waals surface area contributed by atoms with Crippen molar-refractivity contribution in [2.24, 2.45) is 11.1 Å². The second kappa shape index (κ2) is 6.69. The molecule has 126 valence electrons. The molecule has 0 spiro atoms. The van der Waals surface area contributed by atoms with Gasteiger partial charge in [-0.3, -0.25) is 0 Å². The molecule has 0 aromatic carbocycles. The van der Waals surface area contributed by atoms with E-state index in [0.717, 1.165) is 5.70 Å². The molecule has 0 saturated heterocycles. The number of allylic oxidation sites excluding steroid dienone is 2. The van der Waals surface area contributed by atoms with E-state index in [0.29, 0.717) is 12.2 Å². The summed E-state index contributed by atoms with van der Waals surface area (Å²) in [5.41, 5.74) is 7.09. The highest BCUT2D eigenvalue weighted by Crippen LogP contribution is 2.34. The molecule has 2 heterocycles. The van der Waals surface area contributed by atoms with E-state index in [1.807, 2.05) is 19.1 Å². The van der Waals surface area contributed by atoms with Gasteiger partial charge in [-0.05, 0) is 19.9 Å². The predicted octanol–water partition coefficient (Wildman–Crippen LogP) is 2.05. The molecule has 8 heteroatoms. The van der Waals surface area contributed by atoms with E-state index in [4.69, 9.17) is 15.3 Å². The number of nitrogens with two attached hydrogens (primary N) is 1. The molecule has 3 rings (SSSR count). The molecule has 1 aromatic heterocycles. The average molecular weight is 331 g/mol. The minimum atomic E-state index is -0.385. The van der Waals surface area contributed by atoms with E-state index >= 15 is 0 Å². The summed E-state index contributed by atoms with van der Waals surface area (Å²) in [4.78, 5) is 12.8. The highest BCUT2D eigenvalue weighted by molar-refractivity contribution is 5.88. The Labute approximate surface area is 138 Å². The summed E-state index contributed by atoms with van der Waals surface area (Å²) in [5, 5.41) is 6.93. The number of hydrogen-bond acceptors (Lipinski definition) is 7. The van der Waals surface area contributed by atoms with Crippen LogP contribution in [0.4, 0.5) is 10.2 Å². The van der Waals surface area contributed by atoms with Crippen LogP contribution in [0.3, 0.4) is 0 Å². The molecule has 0 bridgehead atoms. The number of nitrogens with zero attached hydrogens (tertiary/aromatic N) is 3. The van der Waals surface area contributed by atoms with Gasteiger partial charge < -0.3 is 20.6 Å². The molecule has 0 fully saturated rings. The average Bonchev–Trinajstić information content (AvgIpc) is 2.94. The minimum absolute atomic E-state index is 0.0909. The fourth-order valence-corrected chi connectivity index (χ4v) is 2.55. The van der Waals surface area contributed by atoms with Crippen LogP contribution in [-0.4, -0.2) is 28.8 Å². The fourth-order valence-electron chi connectivity index (χ4n) is 2.55. The lowest BCUT2D eigenvalue weighted by atomic mass is 9.95. The third kappa shape index (κ3) is 3.08. The smallest absolute Gasteiger partial charge is 0.233 e. The molecule has 24 heavy (non-hydrogen) atoms. The minimum Gasteiger partial charge on any atom is -0.435 e. The summed E-state index contributed by atoms with van der Waals surface area (Å²) < 4.78 is 20.3. The van der Waals surface area contributed by atoms with E-state index in [1.54, 1.807) is 13.0 Å². The fraction of sp³-hybridized carbons (Fsp3) is 0.312. The van der Waals surface area contributed by atoms with Crippen LogP contribution >= 0.6 is 0 Å². The van der Waals surface area contributed by atoms with Crippen molar-refractivity contribution in [2.45, 2.75) is 19.9 Å². The molecule has 2 unspecified atom stereocenters. The number of nitrogens with one attached hydrogen (secondary N) is 1. The maximum absolute atomic E-state index is 14.7. The second-order valence-electron chi connectivity index (χ2n) is 5.35. The van der Waals surface area contributed by atoms with Crippen LogP contribution < -0.4 is 15.8 Å². The topological polar surface area (TPSA) is 94.7 Å². The number of fused-ring (bicyclic) bond motifs is 1. The van der Waals surface area contributed by atoms with Crippen LogP contribution in [0.25, 0.3) is 0 Å². The van der Waals surface area contributed by atoms with Crippen LogP contribution in [0, 0.1) is 5.92 Å². The first kappa shape index (κ1) is 16.0.